The van der Waals surface area contributed by atoms with Crippen molar-refractivity contribution < 1.29 is 0 Å². The second kappa shape index (κ2) is 7.46. The lowest BCUT2D eigenvalue weighted by Gasteiger charge is -2.36. The maximum atomic E-state index is 6.39. The Morgan fingerprint density at radius 2 is 2.05 bits per heavy atom. The van der Waals surface area contributed by atoms with Gasteiger partial charge in [-0.2, -0.15) is 23.5 Å². The first-order chi connectivity index (χ1) is 9.19. The van der Waals surface area contributed by atoms with E-state index in [-0.39, 0.29) is 6.04 Å². The van der Waals surface area contributed by atoms with Crippen LogP contribution in [0.2, 0.25) is 10.0 Å². The number of halogens is 2. The predicted octanol–water partition coefficient (Wildman–Crippen LogP) is 4.88. The van der Waals surface area contributed by atoms with Gasteiger partial charge in [-0.15, -0.1) is 0 Å². The highest BCUT2D eigenvalue weighted by Crippen LogP contribution is 2.42. The average molecular weight is 336 g/mol. The molecule has 106 valence electrons. The van der Waals surface area contributed by atoms with E-state index in [1.807, 2.05) is 19.2 Å². The van der Waals surface area contributed by atoms with Crippen LogP contribution < -0.4 is 5.32 Å². The van der Waals surface area contributed by atoms with E-state index in [2.05, 4.69) is 41.8 Å². The van der Waals surface area contributed by atoms with Crippen molar-refractivity contribution in [2.45, 2.75) is 29.9 Å². The molecular formula is C14H19Cl2NS2. The highest BCUT2D eigenvalue weighted by molar-refractivity contribution is 8.07. The van der Waals surface area contributed by atoms with Gasteiger partial charge in [0.2, 0.25) is 0 Å². The molecule has 2 rings (SSSR count). The smallest absolute Gasteiger partial charge is 0.0640 e. The van der Waals surface area contributed by atoms with Crippen molar-refractivity contribution in [3.05, 3.63) is 33.8 Å². The van der Waals surface area contributed by atoms with Gasteiger partial charge in [-0.1, -0.05) is 42.3 Å². The van der Waals surface area contributed by atoms with E-state index in [0.717, 1.165) is 5.56 Å². The third kappa shape index (κ3) is 3.56. The van der Waals surface area contributed by atoms with Gasteiger partial charge >= 0.3 is 0 Å². The minimum absolute atomic E-state index is 0.258. The Hall–Kier alpha value is 0.460. The fraction of sp³-hybridized carbons (Fsp3) is 0.571. The summed E-state index contributed by atoms with van der Waals surface area (Å²) >= 11 is 16.7. The van der Waals surface area contributed by atoms with Crippen LogP contribution >= 0.6 is 46.7 Å². The van der Waals surface area contributed by atoms with Crippen LogP contribution in [0.4, 0.5) is 0 Å². The Morgan fingerprint density at radius 3 is 2.74 bits per heavy atom. The van der Waals surface area contributed by atoms with E-state index >= 15 is 0 Å². The van der Waals surface area contributed by atoms with Gasteiger partial charge in [0, 0.05) is 28.0 Å². The maximum absolute atomic E-state index is 6.39. The van der Waals surface area contributed by atoms with Gasteiger partial charge in [-0.25, -0.2) is 0 Å². The molecule has 0 saturated carbocycles. The fourth-order valence-corrected chi connectivity index (χ4v) is 6.21. The zero-order chi connectivity index (χ0) is 13.8. The van der Waals surface area contributed by atoms with Crippen molar-refractivity contribution in [2.75, 3.05) is 18.6 Å². The van der Waals surface area contributed by atoms with Crippen molar-refractivity contribution in [3.63, 3.8) is 0 Å². The molecule has 0 aromatic heterocycles. The Labute approximate surface area is 134 Å². The van der Waals surface area contributed by atoms with Crippen LogP contribution in [0.1, 0.15) is 24.9 Å². The largest absolute Gasteiger partial charge is 0.312 e. The van der Waals surface area contributed by atoms with Gasteiger partial charge in [0.05, 0.1) is 10.0 Å². The molecule has 1 aromatic carbocycles. The first kappa shape index (κ1) is 15.8. The molecule has 1 aliphatic heterocycles. The molecule has 3 atom stereocenters. The Bertz CT molecular complexity index is 428. The van der Waals surface area contributed by atoms with Gasteiger partial charge in [-0.05, 0) is 25.1 Å². The number of nitrogens with one attached hydrogen (secondary N) is 1. The first-order valence-electron chi connectivity index (χ1n) is 6.53. The number of benzene rings is 1. The standard InChI is InChI=1S/C14H19Cl2NS2/c1-3-11-14(19-8-7-18-11)13(17-2)9-5-4-6-10(15)12(9)16/h4-6,11,13-14,17H,3,7-8H2,1-2H3. The van der Waals surface area contributed by atoms with Crippen LogP contribution in [0.5, 0.6) is 0 Å². The molecule has 1 nitrogen and oxygen atoms in total. The van der Waals surface area contributed by atoms with Crippen LogP contribution in [-0.4, -0.2) is 29.1 Å². The summed E-state index contributed by atoms with van der Waals surface area (Å²) in [7, 11) is 2.01. The summed E-state index contributed by atoms with van der Waals surface area (Å²) in [4.78, 5) is 0. The minimum atomic E-state index is 0.258. The summed E-state index contributed by atoms with van der Waals surface area (Å²) in [5.74, 6) is 2.46. The second-order valence-corrected chi connectivity index (χ2v) is 7.98. The van der Waals surface area contributed by atoms with E-state index in [9.17, 15) is 0 Å². The van der Waals surface area contributed by atoms with E-state index in [4.69, 9.17) is 23.2 Å². The lowest BCUT2D eigenvalue weighted by Crippen LogP contribution is -2.37. The molecule has 0 spiro atoms. The number of rotatable bonds is 4. The molecule has 1 fully saturated rings. The van der Waals surface area contributed by atoms with E-state index in [1.54, 1.807) is 0 Å². The van der Waals surface area contributed by atoms with Crippen molar-refractivity contribution in [1.29, 1.82) is 0 Å². The van der Waals surface area contributed by atoms with E-state index in [1.165, 1.54) is 17.9 Å². The van der Waals surface area contributed by atoms with Crippen LogP contribution in [0, 0.1) is 0 Å². The zero-order valence-electron chi connectivity index (χ0n) is 11.2. The summed E-state index contributed by atoms with van der Waals surface area (Å²) < 4.78 is 0. The Balaban J connectivity index is 2.30. The molecule has 0 aliphatic carbocycles. The molecule has 0 radical (unpaired) electrons. The van der Waals surface area contributed by atoms with E-state index in [0.29, 0.717) is 20.5 Å². The normalized spacial score (nSPS) is 25.3. The quantitative estimate of drug-likeness (QED) is 0.841. The van der Waals surface area contributed by atoms with Gasteiger partial charge < -0.3 is 5.32 Å². The molecular weight excluding hydrogens is 317 g/mol. The molecule has 1 aliphatic rings. The summed E-state index contributed by atoms with van der Waals surface area (Å²) in [6, 6.07) is 6.17. The topological polar surface area (TPSA) is 12.0 Å². The number of thioether (sulfide) groups is 2. The summed E-state index contributed by atoms with van der Waals surface area (Å²) in [5, 5.41) is 5.99. The van der Waals surface area contributed by atoms with Gasteiger partial charge in [0.25, 0.3) is 0 Å². The molecule has 0 bridgehead atoms. The van der Waals surface area contributed by atoms with Crippen LogP contribution in [-0.2, 0) is 0 Å². The minimum Gasteiger partial charge on any atom is -0.312 e. The van der Waals surface area contributed by atoms with Crippen LogP contribution in [0.15, 0.2) is 18.2 Å². The van der Waals surface area contributed by atoms with Crippen molar-refractivity contribution in [1.82, 2.24) is 5.32 Å². The third-order valence-corrected chi connectivity index (χ3v) is 7.63. The monoisotopic (exact) mass is 335 g/mol. The van der Waals surface area contributed by atoms with Crippen LogP contribution in [0.3, 0.4) is 0 Å². The molecule has 1 N–H and O–H groups in total. The highest BCUT2D eigenvalue weighted by Gasteiger charge is 2.33. The molecule has 1 saturated heterocycles. The zero-order valence-corrected chi connectivity index (χ0v) is 14.3. The molecule has 19 heavy (non-hydrogen) atoms. The molecule has 1 aromatic rings. The lowest BCUT2D eigenvalue weighted by atomic mass is 10.00. The third-order valence-electron chi connectivity index (χ3n) is 3.45. The maximum Gasteiger partial charge on any atom is 0.0640 e. The average Bonchev–Trinajstić information content (AvgIpc) is 2.45. The lowest BCUT2D eigenvalue weighted by molar-refractivity contribution is 0.544. The van der Waals surface area contributed by atoms with Gasteiger partial charge in [0.1, 0.15) is 0 Å². The van der Waals surface area contributed by atoms with E-state index < -0.39 is 0 Å². The van der Waals surface area contributed by atoms with Gasteiger partial charge in [0.15, 0.2) is 0 Å². The first-order valence-corrected chi connectivity index (χ1v) is 9.38. The highest BCUT2D eigenvalue weighted by atomic mass is 35.5. The van der Waals surface area contributed by atoms with Crippen molar-refractivity contribution in [3.8, 4) is 0 Å². The molecule has 5 heteroatoms. The summed E-state index contributed by atoms with van der Waals surface area (Å²) in [5.41, 5.74) is 1.12. The van der Waals surface area contributed by atoms with Gasteiger partial charge in [-0.3, -0.25) is 0 Å². The summed E-state index contributed by atoms with van der Waals surface area (Å²) in [6.45, 7) is 2.27. The predicted molar refractivity (Wildman–Crippen MR) is 91.0 cm³/mol. The molecule has 3 unspecified atom stereocenters. The van der Waals surface area contributed by atoms with Crippen LogP contribution in [0.25, 0.3) is 0 Å². The fourth-order valence-electron chi connectivity index (χ4n) is 2.50. The number of hydrogen-bond acceptors (Lipinski definition) is 3. The second-order valence-electron chi connectivity index (χ2n) is 4.56. The van der Waals surface area contributed by atoms with Crippen molar-refractivity contribution in [2.24, 2.45) is 0 Å². The van der Waals surface area contributed by atoms with Crippen molar-refractivity contribution >= 4 is 46.7 Å². The SMILES string of the molecule is CCC1SCCSC1C(NC)c1cccc(Cl)c1Cl. The number of hydrogen-bond donors (Lipinski definition) is 1. The molecule has 1 heterocycles. The molecule has 0 amide bonds. The Kier molecular flexibility index (Phi) is 6.22. The Morgan fingerprint density at radius 1 is 1.32 bits per heavy atom. The summed E-state index contributed by atoms with van der Waals surface area (Å²) in [6.07, 6.45) is 1.19.